The van der Waals surface area contributed by atoms with E-state index < -0.39 is 17.7 Å². The molecule has 0 aromatic carbocycles. The summed E-state index contributed by atoms with van der Waals surface area (Å²) in [5.41, 5.74) is 0. The molecule has 4 N–H and O–H groups in total. The van der Waals surface area contributed by atoms with E-state index in [2.05, 4.69) is 0 Å². The lowest BCUT2D eigenvalue weighted by Crippen LogP contribution is -2.46. The summed E-state index contributed by atoms with van der Waals surface area (Å²) in [5.74, 6) is -2.10. The Labute approximate surface area is 121 Å². The van der Waals surface area contributed by atoms with Crippen LogP contribution in [0.15, 0.2) is 0 Å². The van der Waals surface area contributed by atoms with Crippen LogP contribution in [0.4, 0.5) is 0 Å². The van der Waals surface area contributed by atoms with E-state index in [0.29, 0.717) is 25.7 Å². The highest BCUT2D eigenvalue weighted by Crippen LogP contribution is 2.37. The zero-order chi connectivity index (χ0) is 15.1. The van der Waals surface area contributed by atoms with Crippen LogP contribution in [-0.4, -0.2) is 44.7 Å². The Balaban J connectivity index is 0.000000347. The fourth-order valence-electron chi connectivity index (χ4n) is 2.77. The number of ether oxygens (including phenoxy) is 1. The van der Waals surface area contributed by atoms with Crippen LogP contribution in [0, 0.1) is 0 Å². The SMILES string of the molecule is CC(O)CO.OC1(OC2(O)CCCCC2)CCCCC1. The molecule has 5 heteroatoms. The van der Waals surface area contributed by atoms with E-state index in [1.807, 2.05) is 0 Å². The van der Waals surface area contributed by atoms with E-state index in [1.165, 1.54) is 19.8 Å². The second kappa shape index (κ2) is 8.29. The van der Waals surface area contributed by atoms with Gasteiger partial charge in [-0.1, -0.05) is 12.8 Å². The van der Waals surface area contributed by atoms with Gasteiger partial charge in [-0.15, -0.1) is 0 Å². The average molecular weight is 290 g/mol. The van der Waals surface area contributed by atoms with Gasteiger partial charge in [0.25, 0.3) is 0 Å². The standard InChI is InChI=1S/C12H22O3.C3H8O2/c13-11(7-3-1-4-8-11)15-12(14)9-5-2-6-10-12;1-3(5)2-4/h13-14H,1-10H2;3-5H,2H2,1H3. The first-order valence-electron chi connectivity index (χ1n) is 7.83. The number of rotatable bonds is 3. The van der Waals surface area contributed by atoms with Gasteiger partial charge in [-0.25, -0.2) is 0 Å². The maximum Gasteiger partial charge on any atom is 0.168 e. The average Bonchev–Trinajstić information content (AvgIpc) is 2.39. The molecule has 20 heavy (non-hydrogen) atoms. The molecule has 0 amide bonds. The van der Waals surface area contributed by atoms with Crippen molar-refractivity contribution in [2.45, 2.75) is 88.8 Å². The van der Waals surface area contributed by atoms with Crippen LogP contribution in [-0.2, 0) is 4.74 Å². The zero-order valence-electron chi connectivity index (χ0n) is 12.6. The molecule has 2 aliphatic rings. The number of aliphatic hydroxyl groups is 4. The van der Waals surface area contributed by atoms with Gasteiger partial charge in [0.2, 0.25) is 0 Å². The molecule has 2 rings (SSSR count). The van der Waals surface area contributed by atoms with Crippen LogP contribution in [0.1, 0.15) is 71.1 Å². The Morgan fingerprint density at radius 3 is 1.40 bits per heavy atom. The van der Waals surface area contributed by atoms with Crippen LogP contribution in [0.25, 0.3) is 0 Å². The largest absolute Gasteiger partial charge is 0.394 e. The van der Waals surface area contributed by atoms with E-state index in [-0.39, 0.29) is 6.61 Å². The molecule has 0 aromatic rings. The van der Waals surface area contributed by atoms with E-state index in [4.69, 9.17) is 14.9 Å². The summed E-state index contributed by atoms with van der Waals surface area (Å²) in [5, 5.41) is 36.4. The quantitative estimate of drug-likeness (QED) is 0.594. The van der Waals surface area contributed by atoms with Crippen LogP contribution in [0.5, 0.6) is 0 Å². The second-order valence-corrected chi connectivity index (χ2v) is 6.15. The van der Waals surface area contributed by atoms with E-state index in [1.54, 1.807) is 0 Å². The minimum absolute atomic E-state index is 0.139. The normalized spacial score (nSPS) is 26.2. The molecule has 2 aliphatic carbocycles. The molecule has 0 heterocycles. The van der Waals surface area contributed by atoms with Crippen molar-refractivity contribution in [1.29, 1.82) is 0 Å². The summed E-state index contributed by atoms with van der Waals surface area (Å²) in [7, 11) is 0. The third-order valence-electron chi connectivity index (χ3n) is 3.91. The number of hydrogen-bond donors (Lipinski definition) is 4. The van der Waals surface area contributed by atoms with Gasteiger partial charge in [-0.2, -0.15) is 0 Å². The summed E-state index contributed by atoms with van der Waals surface area (Å²) >= 11 is 0. The van der Waals surface area contributed by atoms with Crippen LogP contribution >= 0.6 is 0 Å². The first-order valence-corrected chi connectivity index (χ1v) is 7.83. The van der Waals surface area contributed by atoms with Gasteiger partial charge >= 0.3 is 0 Å². The molecule has 2 fully saturated rings. The van der Waals surface area contributed by atoms with Crippen molar-refractivity contribution >= 4 is 0 Å². The van der Waals surface area contributed by atoms with Gasteiger partial charge in [-0.05, 0) is 32.6 Å². The summed E-state index contributed by atoms with van der Waals surface area (Å²) in [6.07, 6.45) is 8.51. The van der Waals surface area contributed by atoms with Crippen molar-refractivity contribution in [3.63, 3.8) is 0 Å². The third-order valence-corrected chi connectivity index (χ3v) is 3.91. The smallest absolute Gasteiger partial charge is 0.168 e. The fourth-order valence-corrected chi connectivity index (χ4v) is 2.77. The van der Waals surface area contributed by atoms with Crippen LogP contribution in [0.3, 0.4) is 0 Å². The van der Waals surface area contributed by atoms with Gasteiger partial charge in [0.05, 0.1) is 12.7 Å². The highest BCUT2D eigenvalue weighted by atomic mass is 16.7. The van der Waals surface area contributed by atoms with Crippen molar-refractivity contribution in [3.8, 4) is 0 Å². The number of hydrogen-bond acceptors (Lipinski definition) is 5. The van der Waals surface area contributed by atoms with Crippen molar-refractivity contribution in [1.82, 2.24) is 0 Å². The highest BCUT2D eigenvalue weighted by Gasteiger charge is 2.40. The summed E-state index contributed by atoms with van der Waals surface area (Å²) in [6, 6.07) is 0. The first-order chi connectivity index (χ1) is 9.39. The van der Waals surface area contributed by atoms with Crippen molar-refractivity contribution in [2.24, 2.45) is 0 Å². The molecule has 5 nitrogen and oxygen atoms in total. The molecule has 0 radical (unpaired) electrons. The first kappa shape index (κ1) is 17.9. The van der Waals surface area contributed by atoms with Gasteiger partial charge in [0.1, 0.15) is 0 Å². The lowest BCUT2D eigenvalue weighted by atomic mass is 9.91. The maximum atomic E-state index is 10.2. The van der Waals surface area contributed by atoms with Crippen LogP contribution in [0.2, 0.25) is 0 Å². The van der Waals surface area contributed by atoms with Crippen molar-refractivity contribution in [2.75, 3.05) is 6.61 Å². The van der Waals surface area contributed by atoms with Gasteiger partial charge < -0.3 is 25.2 Å². The Hall–Kier alpha value is -0.200. The highest BCUT2D eigenvalue weighted by molar-refractivity contribution is 4.80. The molecular formula is C15H30O5. The lowest BCUT2D eigenvalue weighted by molar-refractivity contribution is -0.349. The molecule has 2 saturated carbocycles. The molecule has 120 valence electrons. The predicted octanol–water partition coefficient (Wildman–Crippen LogP) is 1.67. The molecule has 0 spiro atoms. The molecule has 1 atom stereocenters. The minimum Gasteiger partial charge on any atom is -0.394 e. The van der Waals surface area contributed by atoms with E-state index in [9.17, 15) is 10.2 Å². The Bertz CT molecular complexity index is 233. The second-order valence-electron chi connectivity index (χ2n) is 6.15. The Morgan fingerprint density at radius 2 is 1.15 bits per heavy atom. The summed E-state index contributed by atoms with van der Waals surface area (Å²) < 4.78 is 5.62. The minimum atomic E-state index is -1.05. The molecule has 0 aromatic heterocycles. The van der Waals surface area contributed by atoms with Gasteiger partial charge in [0, 0.05) is 25.7 Å². The fraction of sp³-hybridized carbons (Fsp3) is 1.00. The van der Waals surface area contributed by atoms with Crippen LogP contribution < -0.4 is 0 Å². The molecular weight excluding hydrogens is 260 g/mol. The van der Waals surface area contributed by atoms with Gasteiger partial charge in [0.15, 0.2) is 11.6 Å². The van der Waals surface area contributed by atoms with E-state index >= 15 is 0 Å². The van der Waals surface area contributed by atoms with E-state index in [0.717, 1.165) is 25.7 Å². The Kier molecular flexibility index (Phi) is 7.40. The third kappa shape index (κ3) is 6.50. The predicted molar refractivity (Wildman–Crippen MR) is 75.9 cm³/mol. The summed E-state index contributed by atoms with van der Waals surface area (Å²) in [4.78, 5) is 0. The molecule has 0 aliphatic heterocycles. The molecule has 0 bridgehead atoms. The Morgan fingerprint density at radius 1 is 0.850 bits per heavy atom. The molecule has 1 unspecified atom stereocenters. The summed E-state index contributed by atoms with van der Waals surface area (Å²) in [6.45, 7) is 1.39. The number of aliphatic hydroxyl groups excluding tert-OH is 2. The van der Waals surface area contributed by atoms with Gasteiger partial charge in [-0.3, -0.25) is 0 Å². The monoisotopic (exact) mass is 290 g/mol. The maximum absolute atomic E-state index is 10.2. The van der Waals surface area contributed by atoms with Crippen molar-refractivity contribution < 1.29 is 25.2 Å². The lowest BCUT2D eigenvalue weighted by Gasteiger charge is -2.41. The zero-order valence-corrected chi connectivity index (χ0v) is 12.6. The topological polar surface area (TPSA) is 90.2 Å². The molecule has 0 saturated heterocycles. The van der Waals surface area contributed by atoms with Crippen molar-refractivity contribution in [3.05, 3.63) is 0 Å².